The van der Waals surface area contributed by atoms with Crippen LogP contribution in [0.3, 0.4) is 0 Å². The maximum atomic E-state index is 13.2. The van der Waals surface area contributed by atoms with Crippen molar-refractivity contribution < 1.29 is 19.6 Å². The average molecular weight is 433 g/mol. The number of nitro groups is 1. The Morgan fingerprint density at radius 1 is 0.938 bits per heavy atom. The summed E-state index contributed by atoms with van der Waals surface area (Å²) in [5.74, 6) is -0.699. The number of amides is 1. The lowest BCUT2D eigenvalue weighted by Gasteiger charge is -2.19. The molecule has 8 nitrogen and oxygen atoms in total. The molecule has 0 aliphatic rings. The zero-order valence-corrected chi connectivity index (χ0v) is 18.0. The predicted molar refractivity (Wildman–Crippen MR) is 121 cm³/mol. The Labute approximate surface area is 185 Å². The highest BCUT2D eigenvalue weighted by molar-refractivity contribution is 6.15. The molecule has 0 radical (unpaired) electrons. The number of carbonyl (C=O) groups is 2. The number of aromatic hydroxyl groups is 1. The quantitative estimate of drug-likeness (QED) is 0.345. The SMILES string of the molecule is CN(Cc1ccc(O)cc1)C(=O)c1ccccc1C(=O)c1ccc(N(C)C)c([N+](=O)[O-])c1. The van der Waals surface area contributed by atoms with Crippen molar-refractivity contribution in [2.45, 2.75) is 6.54 Å². The first kappa shape index (κ1) is 22.5. The number of benzene rings is 3. The van der Waals surface area contributed by atoms with Gasteiger partial charge in [-0.25, -0.2) is 0 Å². The molecule has 8 heteroatoms. The van der Waals surface area contributed by atoms with Crippen LogP contribution in [0.1, 0.15) is 31.8 Å². The fourth-order valence-corrected chi connectivity index (χ4v) is 3.36. The Morgan fingerprint density at radius 3 is 2.16 bits per heavy atom. The number of rotatable bonds is 7. The van der Waals surface area contributed by atoms with Crippen molar-refractivity contribution in [1.82, 2.24) is 4.90 Å². The average Bonchev–Trinajstić information content (AvgIpc) is 2.79. The van der Waals surface area contributed by atoms with Gasteiger partial charge < -0.3 is 14.9 Å². The van der Waals surface area contributed by atoms with Gasteiger partial charge in [-0.2, -0.15) is 0 Å². The molecule has 0 aliphatic carbocycles. The summed E-state index contributed by atoms with van der Waals surface area (Å²) < 4.78 is 0. The van der Waals surface area contributed by atoms with Gasteiger partial charge in [-0.05, 0) is 35.9 Å². The van der Waals surface area contributed by atoms with E-state index in [0.717, 1.165) is 5.56 Å². The summed E-state index contributed by atoms with van der Waals surface area (Å²) in [7, 11) is 4.98. The number of nitrogens with zero attached hydrogens (tertiary/aromatic N) is 3. The molecule has 0 bridgehead atoms. The highest BCUT2D eigenvalue weighted by Crippen LogP contribution is 2.29. The standard InChI is InChI=1S/C24H23N3O5/c1-25(2)21-13-10-17(14-22(21)27(31)32)23(29)19-6-4-5-7-20(19)24(30)26(3)15-16-8-11-18(28)12-9-16/h4-14,28H,15H2,1-3H3. The molecule has 0 fully saturated rings. The van der Waals surface area contributed by atoms with E-state index in [0.29, 0.717) is 5.69 Å². The van der Waals surface area contributed by atoms with Crippen LogP contribution in [0.15, 0.2) is 66.7 Å². The van der Waals surface area contributed by atoms with Crippen LogP contribution in [-0.2, 0) is 6.54 Å². The topological polar surface area (TPSA) is 104 Å². The van der Waals surface area contributed by atoms with Gasteiger partial charge in [0.25, 0.3) is 11.6 Å². The van der Waals surface area contributed by atoms with Crippen LogP contribution in [0, 0.1) is 10.1 Å². The second-order valence-corrected chi connectivity index (χ2v) is 7.56. The lowest BCUT2D eigenvalue weighted by Crippen LogP contribution is -2.28. The molecule has 1 N–H and O–H groups in total. The molecule has 0 atom stereocenters. The molecule has 32 heavy (non-hydrogen) atoms. The van der Waals surface area contributed by atoms with Gasteiger partial charge in [0.2, 0.25) is 0 Å². The third-order valence-electron chi connectivity index (χ3n) is 5.02. The van der Waals surface area contributed by atoms with Crippen LogP contribution in [0.5, 0.6) is 5.75 Å². The Hall–Kier alpha value is -4.20. The van der Waals surface area contributed by atoms with Gasteiger partial charge in [-0.15, -0.1) is 0 Å². The normalized spacial score (nSPS) is 10.5. The van der Waals surface area contributed by atoms with Crippen molar-refractivity contribution in [2.75, 3.05) is 26.0 Å². The molecular weight excluding hydrogens is 410 g/mol. The first-order valence-electron chi connectivity index (χ1n) is 9.82. The Kier molecular flexibility index (Phi) is 6.53. The van der Waals surface area contributed by atoms with Gasteiger partial charge in [0, 0.05) is 44.9 Å². The minimum Gasteiger partial charge on any atom is -0.508 e. The van der Waals surface area contributed by atoms with Gasteiger partial charge in [0.15, 0.2) is 5.78 Å². The summed E-state index contributed by atoms with van der Waals surface area (Å²) in [5.41, 5.74) is 1.51. The van der Waals surface area contributed by atoms with E-state index in [1.807, 2.05) is 0 Å². The molecule has 0 saturated carbocycles. The van der Waals surface area contributed by atoms with Crippen LogP contribution in [-0.4, -0.2) is 47.8 Å². The van der Waals surface area contributed by atoms with Crippen LogP contribution in [0.4, 0.5) is 11.4 Å². The van der Waals surface area contributed by atoms with Crippen molar-refractivity contribution in [2.24, 2.45) is 0 Å². The first-order chi connectivity index (χ1) is 15.2. The summed E-state index contributed by atoms with van der Waals surface area (Å²) in [6.07, 6.45) is 0. The summed E-state index contributed by atoms with van der Waals surface area (Å²) in [5, 5.41) is 20.9. The summed E-state index contributed by atoms with van der Waals surface area (Å²) in [6, 6.07) is 17.2. The Morgan fingerprint density at radius 2 is 1.56 bits per heavy atom. The molecule has 3 rings (SSSR count). The van der Waals surface area contributed by atoms with Gasteiger partial charge in [-0.3, -0.25) is 19.7 Å². The third-order valence-corrected chi connectivity index (χ3v) is 5.02. The molecule has 3 aromatic rings. The second kappa shape index (κ2) is 9.30. The minimum atomic E-state index is -0.533. The van der Waals surface area contributed by atoms with Crippen LogP contribution >= 0.6 is 0 Å². The van der Waals surface area contributed by atoms with Gasteiger partial charge >= 0.3 is 0 Å². The monoisotopic (exact) mass is 433 g/mol. The molecule has 0 spiro atoms. The van der Waals surface area contributed by atoms with Gasteiger partial charge in [-0.1, -0.05) is 30.3 Å². The molecule has 3 aromatic carbocycles. The number of ketones is 1. The van der Waals surface area contributed by atoms with E-state index in [1.54, 1.807) is 56.4 Å². The van der Waals surface area contributed by atoms with Gasteiger partial charge in [0.1, 0.15) is 11.4 Å². The molecule has 0 saturated heterocycles. The minimum absolute atomic E-state index is 0.128. The molecule has 0 aromatic heterocycles. The molecule has 0 heterocycles. The highest BCUT2D eigenvalue weighted by Gasteiger charge is 2.24. The maximum Gasteiger partial charge on any atom is 0.293 e. The number of phenols is 1. The van der Waals surface area contributed by atoms with E-state index < -0.39 is 10.7 Å². The first-order valence-corrected chi connectivity index (χ1v) is 9.82. The molecule has 164 valence electrons. The number of nitro benzene ring substituents is 1. The maximum absolute atomic E-state index is 13.2. The van der Waals surface area contributed by atoms with E-state index in [9.17, 15) is 24.8 Å². The fourth-order valence-electron chi connectivity index (χ4n) is 3.36. The lowest BCUT2D eigenvalue weighted by molar-refractivity contribution is -0.384. The highest BCUT2D eigenvalue weighted by atomic mass is 16.6. The smallest absolute Gasteiger partial charge is 0.293 e. The van der Waals surface area contributed by atoms with Gasteiger partial charge in [0.05, 0.1) is 10.5 Å². The van der Waals surface area contributed by atoms with Crippen molar-refractivity contribution >= 4 is 23.1 Å². The Bertz CT molecular complexity index is 1170. The molecule has 1 amide bonds. The van der Waals surface area contributed by atoms with Crippen molar-refractivity contribution in [3.63, 3.8) is 0 Å². The number of carbonyl (C=O) groups excluding carboxylic acids is 2. The number of hydrogen-bond acceptors (Lipinski definition) is 6. The Balaban J connectivity index is 1.93. The van der Waals surface area contributed by atoms with E-state index >= 15 is 0 Å². The largest absolute Gasteiger partial charge is 0.508 e. The zero-order valence-electron chi connectivity index (χ0n) is 18.0. The van der Waals surface area contributed by atoms with Crippen LogP contribution < -0.4 is 4.90 Å². The number of hydrogen-bond donors (Lipinski definition) is 1. The summed E-state index contributed by atoms with van der Waals surface area (Å²) >= 11 is 0. The van der Waals surface area contributed by atoms with E-state index in [4.69, 9.17) is 0 Å². The van der Waals surface area contributed by atoms with Crippen molar-refractivity contribution in [3.8, 4) is 5.75 Å². The molecule has 0 unspecified atom stereocenters. The lowest BCUT2D eigenvalue weighted by atomic mass is 9.96. The van der Waals surface area contributed by atoms with Crippen LogP contribution in [0.25, 0.3) is 0 Å². The number of phenolic OH excluding ortho intramolecular Hbond substituents is 1. The van der Waals surface area contributed by atoms with E-state index in [1.165, 1.54) is 41.3 Å². The summed E-state index contributed by atoms with van der Waals surface area (Å²) in [4.78, 5) is 40.3. The molecular formula is C24H23N3O5. The molecule has 0 aliphatic heterocycles. The van der Waals surface area contributed by atoms with E-state index in [-0.39, 0.29) is 40.6 Å². The summed E-state index contributed by atoms with van der Waals surface area (Å²) in [6.45, 7) is 0.282. The fraction of sp³-hybridized carbons (Fsp3) is 0.167. The third kappa shape index (κ3) is 4.75. The predicted octanol–water partition coefficient (Wildman–Crippen LogP) is 3.87. The second-order valence-electron chi connectivity index (χ2n) is 7.56. The number of anilines is 1. The van der Waals surface area contributed by atoms with Crippen LogP contribution in [0.2, 0.25) is 0 Å². The van der Waals surface area contributed by atoms with Crippen molar-refractivity contribution in [1.29, 1.82) is 0 Å². The zero-order chi connectivity index (χ0) is 23.4. The van der Waals surface area contributed by atoms with E-state index in [2.05, 4.69) is 0 Å². The van der Waals surface area contributed by atoms with Crippen molar-refractivity contribution in [3.05, 3.63) is 99.1 Å².